The van der Waals surface area contributed by atoms with Crippen molar-refractivity contribution >= 4 is 5.97 Å². The first-order valence-corrected chi connectivity index (χ1v) is 4.88. The summed E-state index contributed by atoms with van der Waals surface area (Å²) in [6, 6.07) is 7.17. The SMILES string of the molecule is COC(=O)c1ccnc(-c2ccc(F)cc2)n1. The van der Waals surface area contributed by atoms with Crippen molar-refractivity contribution in [2.75, 3.05) is 7.11 Å². The van der Waals surface area contributed by atoms with Gasteiger partial charge in [0, 0.05) is 11.8 Å². The van der Waals surface area contributed by atoms with Crippen LogP contribution in [0.1, 0.15) is 10.5 Å². The van der Waals surface area contributed by atoms with E-state index in [4.69, 9.17) is 0 Å². The molecule has 0 amide bonds. The van der Waals surface area contributed by atoms with Crippen LogP contribution < -0.4 is 0 Å². The van der Waals surface area contributed by atoms with Gasteiger partial charge in [-0.05, 0) is 30.3 Å². The van der Waals surface area contributed by atoms with Gasteiger partial charge in [-0.25, -0.2) is 19.2 Å². The molecule has 0 aliphatic rings. The van der Waals surface area contributed by atoms with Gasteiger partial charge in [-0.1, -0.05) is 0 Å². The van der Waals surface area contributed by atoms with Crippen LogP contribution in [0.15, 0.2) is 36.5 Å². The Bertz CT molecular complexity index is 540. The third kappa shape index (κ3) is 2.44. The smallest absolute Gasteiger partial charge is 0.356 e. The van der Waals surface area contributed by atoms with Gasteiger partial charge >= 0.3 is 5.97 Å². The monoisotopic (exact) mass is 232 g/mol. The van der Waals surface area contributed by atoms with E-state index in [0.717, 1.165) is 0 Å². The molecule has 86 valence electrons. The van der Waals surface area contributed by atoms with Crippen molar-refractivity contribution in [2.24, 2.45) is 0 Å². The fraction of sp³-hybridized carbons (Fsp3) is 0.0833. The zero-order valence-corrected chi connectivity index (χ0v) is 9.05. The van der Waals surface area contributed by atoms with E-state index in [1.54, 1.807) is 12.1 Å². The third-order valence-electron chi connectivity index (χ3n) is 2.15. The lowest BCUT2D eigenvalue weighted by Crippen LogP contribution is -2.05. The molecule has 0 radical (unpaired) electrons. The number of hydrogen-bond acceptors (Lipinski definition) is 4. The molecule has 0 aliphatic carbocycles. The quantitative estimate of drug-likeness (QED) is 0.744. The molecule has 0 N–H and O–H groups in total. The standard InChI is InChI=1S/C12H9FN2O2/c1-17-12(16)10-6-7-14-11(15-10)8-2-4-9(13)5-3-8/h2-7H,1H3. The Labute approximate surface area is 97.1 Å². The highest BCUT2D eigenvalue weighted by Crippen LogP contribution is 2.15. The molecule has 2 aromatic rings. The Balaban J connectivity index is 2.39. The summed E-state index contributed by atoms with van der Waals surface area (Å²) in [6.45, 7) is 0. The zero-order chi connectivity index (χ0) is 12.3. The van der Waals surface area contributed by atoms with Crippen LogP contribution in [-0.2, 0) is 4.74 Å². The van der Waals surface area contributed by atoms with Gasteiger partial charge in [-0.3, -0.25) is 0 Å². The largest absolute Gasteiger partial charge is 0.464 e. The average molecular weight is 232 g/mol. The second kappa shape index (κ2) is 4.69. The summed E-state index contributed by atoms with van der Waals surface area (Å²) in [5, 5.41) is 0. The molecule has 0 aliphatic heterocycles. The lowest BCUT2D eigenvalue weighted by atomic mass is 10.2. The molecule has 0 atom stereocenters. The second-order valence-corrected chi connectivity index (χ2v) is 3.26. The van der Waals surface area contributed by atoms with Crippen molar-refractivity contribution in [3.63, 3.8) is 0 Å². The molecular formula is C12H9FN2O2. The molecule has 0 bridgehead atoms. The Morgan fingerprint density at radius 3 is 2.59 bits per heavy atom. The van der Waals surface area contributed by atoms with Crippen molar-refractivity contribution in [3.8, 4) is 11.4 Å². The number of carbonyl (C=O) groups is 1. The molecule has 2 rings (SSSR count). The highest BCUT2D eigenvalue weighted by molar-refractivity contribution is 5.87. The van der Waals surface area contributed by atoms with E-state index in [9.17, 15) is 9.18 Å². The molecule has 0 spiro atoms. The average Bonchev–Trinajstić information content (AvgIpc) is 2.39. The summed E-state index contributed by atoms with van der Waals surface area (Å²) in [5.41, 5.74) is 0.805. The van der Waals surface area contributed by atoms with Crippen molar-refractivity contribution in [3.05, 3.63) is 48.0 Å². The van der Waals surface area contributed by atoms with Crippen LogP contribution in [0, 0.1) is 5.82 Å². The Hall–Kier alpha value is -2.30. The molecule has 5 heteroatoms. The zero-order valence-electron chi connectivity index (χ0n) is 9.05. The molecule has 0 unspecified atom stereocenters. The minimum absolute atomic E-state index is 0.168. The lowest BCUT2D eigenvalue weighted by molar-refractivity contribution is 0.0594. The van der Waals surface area contributed by atoms with E-state index in [1.165, 1.54) is 31.5 Å². The number of ether oxygens (including phenoxy) is 1. The van der Waals surface area contributed by atoms with Crippen LogP contribution in [0.5, 0.6) is 0 Å². The van der Waals surface area contributed by atoms with E-state index < -0.39 is 5.97 Å². The lowest BCUT2D eigenvalue weighted by Gasteiger charge is -2.02. The fourth-order valence-electron chi connectivity index (χ4n) is 1.31. The van der Waals surface area contributed by atoms with Gasteiger partial charge in [0.1, 0.15) is 5.82 Å². The molecule has 1 aromatic carbocycles. The molecule has 0 saturated carbocycles. The normalized spacial score (nSPS) is 10.0. The van der Waals surface area contributed by atoms with E-state index in [2.05, 4.69) is 14.7 Å². The molecule has 17 heavy (non-hydrogen) atoms. The van der Waals surface area contributed by atoms with Crippen LogP contribution in [0.4, 0.5) is 4.39 Å². The van der Waals surface area contributed by atoms with Crippen LogP contribution in [-0.4, -0.2) is 23.0 Å². The number of rotatable bonds is 2. The summed E-state index contributed by atoms with van der Waals surface area (Å²) >= 11 is 0. The van der Waals surface area contributed by atoms with E-state index in [-0.39, 0.29) is 11.5 Å². The number of halogens is 1. The molecular weight excluding hydrogens is 223 g/mol. The highest BCUT2D eigenvalue weighted by atomic mass is 19.1. The summed E-state index contributed by atoms with van der Waals surface area (Å²) in [6.07, 6.45) is 1.46. The van der Waals surface area contributed by atoms with Gasteiger partial charge in [0.2, 0.25) is 0 Å². The maximum atomic E-state index is 12.7. The number of methoxy groups -OCH3 is 1. The number of hydrogen-bond donors (Lipinski definition) is 0. The van der Waals surface area contributed by atoms with Crippen LogP contribution in [0.2, 0.25) is 0 Å². The molecule has 0 saturated heterocycles. The Morgan fingerprint density at radius 1 is 1.24 bits per heavy atom. The van der Waals surface area contributed by atoms with Gasteiger partial charge < -0.3 is 4.74 Å². The maximum Gasteiger partial charge on any atom is 0.356 e. The topological polar surface area (TPSA) is 52.1 Å². The van der Waals surface area contributed by atoms with Gasteiger partial charge in [0.15, 0.2) is 11.5 Å². The number of aromatic nitrogens is 2. The van der Waals surface area contributed by atoms with Crippen LogP contribution in [0.3, 0.4) is 0 Å². The predicted molar refractivity (Wildman–Crippen MR) is 58.8 cm³/mol. The Morgan fingerprint density at radius 2 is 1.94 bits per heavy atom. The molecule has 1 heterocycles. The fourth-order valence-corrected chi connectivity index (χ4v) is 1.31. The van der Waals surface area contributed by atoms with Crippen molar-refractivity contribution in [1.29, 1.82) is 0 Å². The van der Waals surface area contributed by atoms with Crippen molar-refractivity contribution in [2.45, 2.75) is 0 Å². The molecule has 1 aromatic heterocycles. The van der Waals surface area contributed by atoms with E-state index >= 15 is 0 Å². The summed E-state index contributed by atoms with van der Waals surface area (Å²) in [4.78, 5) is 19.3. The van der Waals surface area contributed by atoms with Gasteiger partial charge in [-0.15, -0.1) is 0 Å². The number of nitrogens with zero attached hydrogens (tertiary/aromatic N) is 2. The maximum absolute atomic E-state index is 12.7. The number of carbonyl (C=O) groups excluding carboxylic acids is 1. The van der Waals surface area contributed by atoms with E-state index in [1.807, 2.05) is 0 Å². The summed E-state index contributed by atoms with van der Waals surface area (Å²) in [7, 11) is 1.28. The van der Waals surface area contributed by atoms with E-state index in [0.29, 0.717) is 11.4 Å². The minimum atomic E-state index is -0.532. The first-order chi connectivity index (χ1) is 8.20. The number of esters is 1. The van der Waals surface area contributed by atoms with Gasteiger partial charge in [0.25, 0.3) is 0 Å². The predicted octanol–water partition coefficient (Wildman–Crippen LogP) is 2.07. The van der Waals surface area contributed by atoms with Gasteiger partial charge in [0.05, 0.1) is 7.11 Å². The second-order valence-electron chi connectivity index (χ2n) is 3.26. The summed E-state index contributed by atoms with van der Waals surface area (Å²) < 4.78 is 17.3. The number of benzene rings is 1. The van der Waals surface area contributed by atoms with Crippen LogP contribution >= 0.6 is 0 Å². The first kappa shape index (κ1) is 11.2. The third-order valence-corrected chi connectivity index (χ3v) is 2.15. The van der Waals surface area contributed by atoms with Crippen LogP contribution in [0.25, 0.3) is 11.4 Å². The first-order valence-electron chi connectivity index (χ1n) is 4.88. The minimum Gasteiger partial charge on any atom is -0.464 e. The van der Waals surface area contributed by atoms with Crippen molar-refractivity contribution < 1.29 is 13.9 Å². The molecule has 4 nitrogen and oxygen atoms in total. The van der Waals surface area contributed by atoms with Gasteiger partial charge in [-0.2, -0.15) is 0 Å². The summed E-state index contributed by atoms with van der Waals surface area (Å²) in [5.74, 6) is -0.512. The molecule has 0 fully saturated rings. The Kier molecular flexibility index (Phi) is 3.09. The highest BCUT2D eigenvalue weighted by Gasteiger charge is 2.09. The van der Waals surface area contributed by atoms with Crippen molar-refractivity contribution in [1.82, 2.24) is 9.97 Å².